The number of hydrogen-bond acceptors (Lipinski definition) is 4. The number of hydrogen-bond donors (Lipinski definition) is 1. The lowest BCUT2D eigenvalue weighted by atomic mass is 10.6. The van der Waals surface area contributed by atoms with Gasteiger partial charge in [-0.25, -0.2) is 0 Å². The molecule has 0 saturated carbocycles. The summed E-state index contributed by atoms with van der Waals surface area (Å²) in [5, 5.41) is 1.83. The Balaban J connectivity index is 3.02. The number of anilines is 1. The third-order valence-electron chi connectivity index (χ3n) is 1.34. The number of fused-ring (bicyclic) bond motifs is 1. The van der Waals surface area contributed by atoms with Gasteiger partial charge in [0.05, 0.1) is 0 Å². The van der Waals surface area contributed by atoms with Crippen LogP contribution in [0.25, 0.3) is 4.96 Å². The molecular formula is C6H5N3OS. The summed E-state index contributed by atoms with van der Waals surface area (Å²) in [7, 11) is 0. The molecule has 0 saturated heterocycles. The highest BCUT2D eigenvalue weighted by atomic mass is 32.1. The zero-order valence-corrected chi connectivity index (χ0v) is 6.34. The van der Waals surface area contributed by atoms with E-state index in [1.54, 1.807) is 10.6 Å². The molecule has 0 radical (unpaired) electrons. The third kappa shape index (κ3) is 0.894. The van der Waals surface area contributed by atoms with Crippen molar-refractivity contribution in [1.29, 1.82) is 0 Å². The molecule has 2 aromatic heterocycles. The fourth-order valence-corrected chi connectivity index (χ4v) is 1.60. The van der Waals surface area contributed by atoms with E-state index >= 15 is 0 Å². The molecule has 2 N–H and O–H groups in total. The third-order valence-corrected chi connectivity index (χ3v) is 2.10. The minimum atomic E-state index is -0.287. The summed E-state index contributed by atoms with van der Waals surface area (Å²) >= 11 is 1.39. The lowest BCUT2D eigenvalue weighted by molar-refractivity contribution is 1.12. The van der Waals surface area contributed by atoms with Crippen LogP contribution in [0.2, 0.25) is 0 Å². The second-order valence-electron chi connectivity index (χ2n) is 2.07. The highest BCUT2D eigenvalue weighted by Gasteiger charge is 1.98. The van der Waals surface area contributed by atoms with Gasteiger partial charge in [-0.1, -0.05) is 0 Å². The Morgan fingerprint density at radius 2 is 2.45 bits per heavy atom. The standard InChI is InChI=1S/C6H5N3OS/c7-4-3-5(10)8-6-9(4)1-2-11-6/h1-3H,7H2. The van der Waals surface area contributed by atoms with E-state index in [1.807, 2.05) is 5.38 Å². The fourth-order valence-electron chi connectivity index (χ4n) is 0.872. The van der Waals surface area contributed by atoms with Crippen LogP contribution in [0.3, 0.4) is 0 Å². The van der Waals surface area contributed by atoms with Gasteiger partial charge in [-0.15, -0.1) is 11.3 Å². The Kier molecular flexibility index (Phi) is 1.19. The Morgan fingerprint density at radius 3 is 3.27 bits per heavy atom. The van der Waals surface area contributed by atoms with Gasteiger partial charge in [0.2, 0.25) is 0 Å². The number of nitrogens with zero attached hydrogens (tertiary/aromatic N) is 2. The van der Waals surface area contributed by atoms with E-state index in [1.165, 1.54) is 17.4 Å². The first-order valence-corrected chi connectivity index (χ1v) is 3.88. The van der Waals surface area contributed by atoms with Crippen molar-refractivity contribution in [2.45, 2.75) is 0 Å². The maximum atomic E-state index is 10.8. The van der Waals surface area contributed by atoms with Crippen LogP contribution in [0, 0.1) is 0 Å². The molecule has 0 fully saturated rings. The van der Waals surface area contributed by atoms with Crippen molar-refractivity contribution >= 4 is 22.1 Å². The lowest BCUT2D eigenvalue weighted by Crippen LogP contribution is -2.09. The summed E-state index contributed by atoms with van der Waals surface area (Å²) in [6, 6.07) is 1.31. The van der Waals surface area contributed by atoms with Crippen LogP contribution in [0.4, 0.5) is 5.82 Å². The number of nitrogen functional groups attached to an aromatic ring is 1. The molecule has 11 heavy (non-hydrogen) atoms. The van der Waals surface area contributed by atoms with Crippen LogP contribution < -0.4 is 11.3 Å². The molecule has 0 aliphatic carbocycles. The Bertz CT molecular complexity index is 444. The Hall–Kier alpha value is -1.36. The normalized spacial score (nSPS) is 10.5. The largest absolute Gasteiger partial charge is 0.385 e. The van der Waals surface area contributed by atoms with Gasteiger partial charge in [-0.2, -0.15) is 4.98 Å². The molecule has 0 aromatic carbocycles. The molecule has 0 aliphatic rings. The van der Waals surface area contributed by atoms with Crippen molar-refractivity contribution in [3.05, 3.63) is 28.0 Å². The molecule has 5 heteroatoms. The van der Waals surface area contributed by atoms with Crippen LogP contribution in [0.5, 0.6) is 0 Å². The Labute approximate surface area is 65.9 Å². The van der Waals surface area contributed by atoms with Gasteiger partial charge in [0, 0.05) is 17.6 Å². The van der Waals surface area contributed by atoms with Gasteiger partial charge < -0.3 is 5.73 Å². The fraction of sp³-hybridized carbons (Fsp3) is 0. The Morgan fingerprint density at radius 1 is 1.64 bits per heavy atom. The average Bonchev–Trinajstić information content (AvgIpc) is 2.34. The number of aromatic nitrogens is 2. The van der Waals surface area contributed by atoms with Crippen molar-refractivity contribution in [2.24, 2.45) is 0 Å². The molecule has 0 bridgehead atoms. The number of thiazole rings is 1. The SMILES string of the molecule is Nc1cc(=O)nc2sccn12. The monoisotopic (exact) mass is 167 g/mol. The second-order valence-corrected chi connectivity index (χ2v) is 2.95. The maximum Gasteiger partial charge on any atom is 0.276 e. The van der Waals surface area contributed by atoms with Crippen LogP contribution in [0.1, 0.15) is 0 Å². The number of rotatable bonds is 0. The summed E-state index contributed by atoms with van der Waals surface area (Å²) in [6.45, 7) is 0. The molecular weight excluding hydrogens is 162 g/mol. The van der Waals surface area contributed by atoms with E-state index in [4.69, 9.17) is 5.73 Å². The smallest absolute Gasteiger partial charge is 0.276 e. The van der Waals surface area contributed by atoms with Gasteiger partial charge in [-0.3, -0.25) is 9.20 Å². The first kappa shape index (κ1) is 6.36. The van der Waals surface area contributed by atoms with Crippen molar-refractivity contribution < 1.29 is 0 Å². The quantitative estimate of drug-likeness (QED) is 0.615. The van der Waals surface area contributed by atoms with Gasteiger partial charge >= 0.3 is 0 Å². The van der Waals surface area contributed by atoms with Gasteiger partial charge in [-0.05, 0) is 0 Å². The highest BCUT2D eigenvalue weighted by molar-refractivity contribution is 7.15. The topological polar surface area (TPSA) is 60.4 Å². The van der Waals surface area contributed by atoms with Crippen molar-refractivity contribution in [2.75, 3.05) is 5.73 Å². The molecule has 4 nitrogen and oxygen atoms in total. The lowest BCUT2D eigenvalue weighted by Gasteiger charge is -1.94. The van der Waals surface area contributed by atoms with Gasteiger partial charge in [0.15, 0.2) is 4.96 Å². The van der Waals surface area contributed by atoms with Gasteiger partial charge in [0.1, 0.15) is 5.82 Å². The predicted octanol–water partition coefficient (Wildman–Crippen LogP) is 0.338. The molecule has 2 rings (SSSR count). The van der Waals surface area contributed by atoms with Crippen LogP contribution in [-0.4, -0.2) is 9.38 Å². The van der Waals surface area contributed by atoms with E-state index in [9.17, 15) is 4.79 Å². The molecule has 0 spiro atoms. The minimum Gasteiger partial charge on any atom is -0.385 e. The molecule has 2 heterocycles. The zero-order chi connectivity index (χ0) is 7.84. The van der Waals surface area contributed by atoms with Crippen molar-refractivity contribution in [1.82, 2.24) is 9.38 Å². The number of nitrogens with two attached hydrogens (primary N) is 1. The first-order valence-electron chi connectivity index (χ1n) is 3.00. The molecule has 2 aromatic rings. The van der Waals surface area contributed by atoms with E-state index in [0.29, 0.717) is 10.8 Å². The molecule has 0 atom stereocenters. The highest BCUT2D eigenvalue weighted by Crippen LogP contribution is 2.09. The summed E-state index contributed by atoms with van der Waals surface area (Å²) in [4.78, 5) is 15.2. The van der Waals surface area contributed by atoms with E-state index in [0.717, 1.165) is 0 Å². The zero-order valence-electron chi connectivity index (χ0n) is 5.52. The maximum absolute atomic E-state index is 10.8. The van der Waals surface area contributed by atoms with Crippen LogP contribution in [0.15, 0.2) is 22.4 Å². The summed E-state index contributed by atoms with van der Waals surface area (Å²) in [5.41, 5.74) is 5.24. The summed E-state index contributed by atoms with van der Waals surface area (Å²) in [5.74, 6) is 0.432. The molecule has 0 aliphatic heterocycles. The molecule has 56 valence electrons. The van der Waals surface area contributed by atoms with Crippen molar-refractivity contribution in [3.63, 3.8) is 0 Å². The molecule has 0 amide bonds. The summed E-state index contributed by atoms with van der Waals surface area (Å²) in [6.07, 6.45) is 1.78. The van der Waals surface area contributed by atoms with Crippen molar-refractivity contribution in [3.8, 4) is 0 Å². The van der Waals surface area contributed by atoms with Gasteiger partial charge in [0.25, 0.3) is 5.56 Å². The molecule has 0 unspecified atom stereocenters. The van der Waals surface area contributed by atoms with E-state index in [-0.39, 0.29) is 5.56 Å². The predicted molar refractivity (Wildman–Crippen MR) is 43.8 cm³/mol. The first-order chi connectivity index (χ1) is 5.27. The van der Waals surface area contributed by atoms with Crippen LogP contribution in [-0.2, 0) is 0 Å². The van der Waals surface area contributed by atoms with Crippen LogP contribution >= 0.6 is 11.3 Å². The minimum absolute atomic E-state index is 0.287. The average molecular weight is 167 g/mol. The summed E-state index contributed by atoms with van der Waals surface area (Å²) < 4.78 is 1.67. The van der Waals surface area contributed by atoms with E-state index in [2.05, 4.69) is 4.98 Å². The second kappa shape index (κ2) is 2.06. The van der Waals surface area contributed by atoms with E-state index < -0.39 is 0 Å².